The molecule has 0 unspecified atom stereocenters. The highest BCUT2D eigenvalue weighted by Crippen LogP contribution is 2.56. The second-order valence-corrected chi connectivity index (χ2v) is 15.7. The summed E-state index contributed by atoms with van der Waals surface area (Å²) < 4.78 is 2.64. The summed E-state index contributed by atoms with van der Waals surface area (Å²) in [4.78, 5) is 2.39. The monoisotopic (exact) mass is 750 g/mol. The van der Waals surface area contributed by atoms with E-state index in [1.54, 1.807) is 0 Å². The van der Waals surface area contributed by atoms with Crippen LogP contribution in [0.15, 0.2) is 231 Å². The van der Waals surface area contributed by atoms with Gasteiger partial charge in [0.15, 0.2) is 0 Å². The molecule has 2 heteroatoms. The molecule has 0 amide bonds. The standard InChI is InChI=1S/C57H38N2/c1-2-19-44(20-3-1)58(45-33-30-41(31-34-45)48-25-14-18-40-16-6-7-21-47(40)48)46-35-36-56-52(38-46)51-24-10-13-28-55(51)59(56)57(43-32-29-39-15-4-5-17-42(39)37-43)53-26-11-8-22-49(53)50-23-9-12-27-54(50)57/h1-38H. The third kappa shape index (κ3) is 5.00. The largest absolute Gasteiger partial charge is 0.322 e. The summed E-state index contributed by atoms with van der Waals surface area (Å²) in [6, 6.07) is 84.9. The molecule has 0 N–H and O–H groups in total. The Labute approximate surface area is 343 Å². The number of hydrogen-bond acceptors (Lipinski definition) is 1. The topological polar surface area (TPSA) is 8.17 Å². The van der Waals surface area contributed by atoms with Gasteiger partial charge in [0.25, 0.3) is 0 Å². The van der Waals surface area contributed by atoms with Gasteiger partial charge in [-0.3, -0.25) is 0 Å². The van der Waals surface area contributed by atoms with Gasteiger partial charge in [0.1, 0.15) is 5.54 Å². The van der Waals surface area contributed by atoms with Gasteiger partial charge in [-0.1, -0.05) is 176 Å². The van der Waals surface area contributed by atoms with Crippen LogP contribution in [0, 0.1) is 0 Å². The average Bonchev–Trinajstić information content (AvgIpc) is 3.79. The number of anilines is 3. The highest BCUT2D eigenvalue weighted by atomic mass is 15.1. The fraction of sp³-hybridized carbons (Fsp3) is 0.0175. The van der Waals surface area contributed by atoms with Gasteiger partial charge in [0.2, 0.25) is 0 Å². The SMILES string of the molecule is c1ccc(N(c2ccc(-c3cccc4ccccc34)cc2)c2ccc3c(c2)c2ccccc2n3C2(c3ccc4ccccc4c3)c3ccccc3-c3ccccc32)cc1. The van der Waals surface area contributed by atoms with E-state index in [1.807, 2.05) is 0 Å². The van der Waals surface area contributed by atoms with E-state index in [0.29, 0.717) is 0 Å². The highest BCUT2D eigenvalue weighted by Gasteiger charge is 2.47. The molecule has 59 heavy (non-hydrogen) atoms. The van der Waals surface area contributed by atoms with Gasteiger partial charge in [0, 0.05) is 27.8 Å². The minimum absolute atomic E-state index is 0.628. The van der Waals surface area contributed by atoms with Crippen LogP contribution in [-0.4, -0.2) is 4.57 Å². The first kappa shape index (κ1) is 33.5. The number of aromatic nitrogens is 1. The van der Waals surface area contributed by atoms with E-state index >= 15 is 0 Å². The van der Waals surface area contributed by atoms with E-state index in [2.05, 4.69) is 240 Å². The zero-order valence-electron chi connectivity index (χ0n) is 32.3. The molecule has 0 atom stereocenters. The Kier molecular flexibility index (Phi) is 7.48. The Morgan fingerprint density at radius 2 is 0.881 bits per heavy atom. The molecular weight excluding hydrogens is 713 g/mol. The van der Waals surface area contributed by atoms with Crippen molar-refractivity contribution in [1.29, 1.82) is 0 Å². The van der Waals surface area contributed by atoms with E-state index in [1.165, 1.54) is 82.3 Å². The van der Waals surface area contributed by atoms with Crippen LogP contribution in [0.3, 0.4) is 0 Å². The minimum atomic E-state index is -0.628. The zero-order chi connectivity index (χ0) is 38.9. The van der Waals surface area contributed by atoms with Crippen molar-refractivity contribution < 1.29 is 0 Å². The number of hydrogen-bond donors (Lipinski definition) is 0. The van der Waals surface area contributed by atoms with Crippen LogP contribution in [-0.2, 0) is 5.54 Å². The Morgan fingerprint density at radius 1 is 0.322 bits per heavy atom. The van der Waals surface area contributed by atoms with Gasteiger partial charge in [-0.05, 0) is 115 Å². The lowest BCUT2D eigenvalue weighted by atomic mass is 9.79. The lowest BCUT2D eigenvalue weighted by Crippen LogP contribution is -2.35. The lowest BCUT2D eigenvalue weighted by Gasteiger charge is -2.37. The van der Waals surface area contributed by atoms with Crippen molar-refractivity contribution in [3.05, 3.63) is 247 Å². The van der Waals surface area contributed by atoms with Gasteiger partial charge in [0.05, 0.1) is 11.0 Å². The number of fused-ring (bicyclic) bond motifs is 8. The third-order valence-corrected chi connectivity index (χ3v) is 12.6. The first-order valence-electron chi connectivity index (χ1n) is 20.4. The Hall–Kier alpha value is -7.68. The maximum atomic E-state index is 2.64. The van der Waals surface area contributed by atoms with Gasteiger partial charge in [-0.2, -0.15) is 0 Å². The van der Waals surface area contributed by atoms with Crippen LogP contribution in [0.4, 0.5) is 17.1 Å². The fourth-order valence-electron chi connectivity index (χ4n) is 10.1. The van der Waals surface area contributed by atoms with E-state index in [-0.39, 0.29) is 0 Å². The van der Waals surface area contributed by atoms with Crippen molar-refractivity contribution in [2.75, 3.05) is 4.90 Å². The molecule has 1 aliphatic carbocycles. The van der Waals surface area contributed by atoms with Crippen LogP contribution in [0.2, 0.25) is 0 Å². The van der Waals surface area contributed by atoms with Crippen molar-refractivity contribution in [3.63, 3.8) is 0 Å². The van der Waals surface area contributed by atoms with Crippen molar-refractivity contribution in [1.82, 2.24) is 4.57 Å². The van der Waals surface area contributed by atoms with Crippen LogP contribution in [0.5, 0.6) is 0 Å². The Bertz CT molecular complexity index is 3340. The van der Waals surface area contributed by atoms with E-state index < -0.39 is 5.54 Å². The molecule has 0 aliphatic heterocycles. The predicted octanol–water partition coefficient (Wildman–Crippen LogP) is 15.1. The molecule has 0 spiro atoms. The summed E-state index contributed by atoms with van der Waals surface area (Å²) in [5.41, 5.74) is 13.9. The Balaban J connectivity index is 1.10. The summed E-state index contributed by atoms with van der Waals surface area (Å²) in [7, 11) is 0. The number of benzene rings is 10. The first-order chi connectivity index (χ1) is 29.3. The molecule has 276 valence electrons. The molecule has 12 rings (SSSR count). The smallest absolute Gasteiger partial charge is 0.122 e. The quantitative estimate of drug-likeness (QED) is 0.164. The van der Waals surface area contributed by atoms with Crippen LogP contribution in [0.25, 0.3) is 65.6 Å². The third-order valence-electron chi connectivity index (χ3n) is 12.6. The van der Waals surface area contributed by atoms with E-state index in [4.69, 9.17) is 0 Å². The van der Waals surface area contributed by atoms with Crippen molar-refractivity contribution >= 4 is 60.4 Å². The van der Waals surface area contributed by atoms with Gasteiger partial charge < -0.3 is 9.47 Å². The predicted molar refractivity (Wildman–Crippen MR) is 248 cm³/mol. The molecule has 1 aliphatic rings. The second-order valence-electron chi connectivity index (χ2n) is 15.7. The van der Waals surface area contributed by atoms with Gasteiger partial charge in [-0.25, -0.2) is 0 Å². The second kappa shape index (κ2) is 13.2. The molecule has 1 aromatic heterocycles. The molecule has 0 fully saturated rings. The average molecular weight is 751 g/mol. The molecule has 11 aromatic rings. The van der Waals surface area contributed by atoms with E-state index in [9.17, 15) is 0 Å². The molecular formula is C57H38N2. The van der Waals surface area contributed by atoms with Crippen LogP contribution >= 0.6 is 0 Å². The zero-order valence-corrected chi connectivity index (χ0v) is 32.3. The van der Waals surface area contributed by atoms with E-state index in [0.717, 1.165) is 17.1 Å². The maximum Gasteiger partial charge on any atom is 0.122 e. The molecule has 0 saturated heterocycles. The van der Waals surface area contributed by atoms with Crippen molar-refractivity contribution in [2.45, 2.75) is 5.54 Å². The number of rotatable bonds is 6. The summed E-state index contributed by atoms with van der Waals surface area (Å²) >= 11 is 0. The van der Waals surface area contributed by atoms with Crippen LogP contribution in [0.1, 0.15) is 16.7 Å². The molecule has 0 bridgehead atoms. The lowest BCUT2D eigenvalue weighted by molar-refractivity contribution is 0.564. The van der Waals surface area contributed by atoms with Crippen molar-refractivity contribution in [2.24, 2.45) is 0 Å². The van der Waals surface area contributed by atoms with Crippen LogP contribution < -0.4 is 4.90 Å². The van der Waals surface area contributed by atoms with Crippen molar-refractivity contribution in [3.8, 4) is 22.3 Å². The summed E-state index contributed by atoms with van der Waals surface area (Å²) in [6.45, 7) is 0. The number of nitrogens with zero attached hydrogens (tertiary/aromatic N) is 2. The molecule has 0 saturated carbocycles. The maximum absolute atomic E-state index is 2.64. The highest BCUT2D eigenvalue weighted by molar-refractivity contribution is 6.11. The Morgan fingerprint density at radius 3 is 1.66 bits per heavy atom. The summed E-state index contributed by atoms with van der Waals surface area (Å²) in [5.74, 6) is 0. The molecule has 2 nitrogen and oxygen atoms in total. The molecule has 10 aromatic carbocycles. The van der Waals surface area contributed by atoms with Gasteiger partial charge in [-0.15, -0.1) is 0 Å². The fourth-order valence-corrected chi connectivity index (χ4v) is 10.1. The molecule has 0 radical (unpaired) electrons. The number of para-hydroxylation sites is 2. The summed E-state index contributed by atoms with van der Waals surface area (Å²) in [6.07, 6.45) is 0. The summed E-state index contributed by atoms with van der Waals surface area (Å²) in [5, 5.41) is 7.43. The first-order valence-corrected chi connectivity index (χ1v) is 20.4. The molecule has 1 heterocycles. The van der Waals surface area contributed by atoms with Gasteiger partial charge >= 0.3 is 0 Å². The minimum Gasteiger partial charge on any atom is -0.322 e. The normalized spacial score (nSPS) is 12.9.